The summed E-state index contributed by atoms with van der Waals surface area (Å²) < 4.78 is 10.9. The van der Waals surface area contributed by atoms with Crippen LogP contribution in [-0.2, 0) is 9.47 Å². The molecule has 1 saturated heterocycles. The van der Waals surface area contributed by atoms with Crippen LogP contribution in [0.4, 0.5) is 0 Å². The molecule has 1 unspecified atom stereocenters. The third-order valence-corrected chi connectivity index (χ3v) is 1.79. The summed E-state index contributed by atoms with van der Waals surface area (Å²) in [6.07, 6.45) is 3.26. The van der Waals surface area contributed by atoms with E-state index in [0.29, 0.717) is 0 Å². The van der Waals surface area contributed by atoms with E-state index in [1.165, 1.54) is 0 Å². The summed E-state index contributed by atoms with van der Waals surface area (Å²) >= 11 is 0. The van der Waals surface area contributed by atoms with Gasteiger partial charge in [-0.2, -0.15) is 0 Å². The topological polar surface area (TPSA) is 18.5 Å². The van der Waals surface area contributed by atoms with E-state index in [4.69, 9.17) is 9.47 Å². The van der Waals surface area contributed by atoms with Gasteiger partial charge in [0.05, 0.1) is 6.61 Å². The molecular weight excluding hydrogens is 128 g/mol. The molecule has 2 heteroatoms. The van der Waals surface area contributed by atoms with Crippen LogP contribution < -0.4 is 0 Å². The molecule has 10 heavy (non-hydrogen) atoms. The molecule has 1 heterocycles. The molecule has 1 aliphatic rings. The van der Waals surface area contributed by atoms with Gasteiger partial charge in [-0.1, -0.05) is 6.92 Å². The Hall–Kier alpha value is -0.0800. The molecule has 0 saturated carbocycles. The molecule has 1 aliphatic heterocycles. The fraction of sp³-hybridized carbons (Fsp3) is 1.00. The molecule has 0 aliphatic carbocycles. The summed E-state index contributed by atoms with van der Waals surface area (Å²) in [5.74, 6) is -0.254. The Balaban J connectivity index is 2.22. The van der Waals surface area contributed by atoms with Gasteiger partial charge in [0.25, 0.3) is 0 Å². The van der Waals surface area contributed by atoms with Crippen LogP contribution in [0.15, 0.2) is 0 Å². The van der Waals surface area contributed by atoms with Crippen molar-refractivity contribution in [1.82, 2.24) is 0 Å². The van der Waals surface area contributed by atoms with Crippen molar-refractivity contribution >= 4 is 0 Å². The maximum Gasteiger partial charge on any atom is 0.165 e. The average Bonchev–Trinajstić information content (AvgIpc) is 2.33. The van der Waals surface area contributed by atoms with Crippen molar-refractivity contribution in [3.63, 3.8) is 0 Å². The Morgan fingerprint density at radius 2 is 2.40 bits per heavy atom. The first-order valence-corrected chi connectivity index (χ1v) is 4.05. The highest BCUT2D eigenvalue weighted by molar-refractivity contribution is 4.68. The summed E-state index contributed by atoms with van der Waals surface area (Å²) in [6, 6.07) is 0. The zero-order valence-corrected chi connectivity index (χ0v) is 6.85. The van der Waals surface area contributed by atoms with E-state index in [0.717, 1.165) is 32.5 Å². The Morgan fingerprint density at radius 1 is 1.60 bits per heavy atom. The lowest BCUT2D eigenvalue weighted by Gasteiger charge is -2.22. The molecular formula is C8H16O2. The molecule has 1 fully saturated rings. The van der Waals surface area contributed by atoms with Gasteiger partial charge in [0.15, 0.2) is 5.79 Å². The van der Waals surface area contributed by atoms with Gasteiger partial charge < -0.3 is 9.47 Å². The first kappa shape index (κ1) is 8.02. The van der Waals surface area contributed by atoms with Crippen LogP contribution >= 0.6 is 0 Å². The lowest BCUT2D eigenvalue weighted by atomic mass is 10.2. The fourth-order valence-electron chi connectivity index (χ4n) is 1.19. The van der Waals surface area contributed by atoms with Crippen LogP contribution in [0.1, 0.15) is 33.1 Å². The maximum atomic E-state index is 5.52. The molecule has 0 spiro atoms. The molecule has 0 radical (unpaired) electrons. The van der Waals surface area contributed by atoms with Crippen molar-refractivity contribution in [3.05, 3.63) is 0 Å². The Kier molecular flexibility index (Phi) is 2.69. The molecule has 60 valence electrons. The fourth-order valence-corrected chi connectivity index (χ4v) is 1.19. The number of hydrogen-bond acceptors (Lipinski definition) is 2. The molecule has 1 atom stereocenters. The van der Waals surface area contributed by atoms with E-state index in [2.05, 4.69) is 6.92 Å². The third-order valence-electron chi connectivity index (χ3n) is 1.79. The van der Waals surface area contributed by atoms with Gasteiger partial charge in [0.2, 0.25) is 0 Å². The minimum atomic E-state index is -0.254. The smallest absolute Gasteiger partial charge is 0.165 e. The largest absolute Gasteiger partial charge is 0.350 e. The van der Waals surface area contributed by atoms with Gasteiger partial charge >= 0.3 is 0 Å². The monoisotopic (exact) mass is 144 g/mol. The molecule has 0 bridgehead atoms. The van der Waals surface area contributed by atoms with Crippen LogP contribution in [0.25, 0.3) is 0 Å². The van der Waals surface area contributed by atoms with Crippen molar-refractivity contribution in [1.29, 1.82) is 0 Å². The van der Waals surface area contributed by atoms with Gasteiger partial charge in [0.1, 0.15) is 0 Å². The average molecular weight is 144 g/mol. The van der Waals surface area contributed by atoms with Gasteiger partial charge in [-0.15, -0.1) is 0 Å². The van der Waals surface area contributed by atoms with Crippen LogP contribution in [-0.4, -0.2) is 19.0 Å². The SMILES string of the molecule is CCCOC1(C)CCCO1. The second-order valence-electron chi connectivity index (χ2n) is 2.93. The summed E-state index contributed by atoms with van der Waals surface area (Å²) in [7, 11) is 0. The van der Waals surface area contributed by atoms with E-state index in [1.54, 1.807) is 0 Å². The Bertz CT molecular complexity index is 95.4. The highest BCUT2D eigenvalue weighted by Gasteiger charge is 2.29. The Labute approximate surface area is 62.5 Å². The second kappa shape index (κ2) is 3.35. The third kappa shape index (κ3) is 1.96. The van der Waals surface area contributed by atoms with E-state index < -0.39 is 0 Å². The van der Waals surface area contributed by atoms with E-state index in [1.807, 2.05) is 6.92 Å². The minimum absolute atomic E-state index is 0.254. The first-order chi connectivity index (χ1) is 4.77. The van der Waals surface area contributed by atoms with Gasteiger partial charge in [-0.05, 0) is 19.8 Å². The molecule has 0 aromatic heterocycles. The van der Waals surface area contributed by atoms with Crippen molar-refractivity contribution in [2.24, 2.45) is 0 Å². The van der Waals surface area contributed by atoms with Crippen LogP contribution in [0, 0.1) is 0 Å². The molecule has 0 amide bonds. The van der Waals surface area contributed by atoms with Gasteiger partial charge in [-0.25, -0.2) is 0 Å². The van der Waals surface area contributed by atoms with E-state index in [9.17, 15) is 0 Å². The zero-order chi connectivity index (χ0) is 7.45. The lowest BCUT2D eigenvalue weighted by molar-refractivity contribution is -0.196. The van der Waals surface area contributed by atoms with Crippen LogP contribution in [0.3, 0.4) is 0 Å². The van der Waals surface area contributed by atoms with Crippen molar-refractivity contribution in [2.75, 3.05) is 13.2 Å². The summed E-state index contributed by atoms with van der Waals surface area (Å²) in [5.41, 5.74) is 0. The first-order valence-electron chi connectivity index (χ1n) is 4.05. The number of rotatable bonds is 3. The van der Waals surface area contributed by atoms with E-state index in [-0.39, 0.29) is 5.79 Å². The Morgan fingerprint density at radius 3 is 2.90 bits per heavy atom. The summed E-state index contributed by atoms with van der Waals surface area (Å²) in [6.45, 7) is 5.81. The normalized spacial score (nSPS) is 33.0. The highest BCUT2D eigenvalue weighted by atomic mass is 16.7. The quantitative estimate of drug-likeness (QED) is 0.602. The number of ether oxygens (including phenoxy) is 2. The van der Waals surface area contributed by atoms with Crippen LogP contribution in [0.5, 0.6) is 0 Å². The second-order valence-corrected chi connectivity index (χ2v) is 2.93. The standard InChI is InChI=1S/C8H16O2/c1-3-6-9-8(2)5-4-7-10-8/h3-7H2,1-2H3. The maximum absolute atomic E-state index is 5.52. The highest BCUT2D eigenvalue weighted by Crippen LogP contribution is 2.25. The van der Waals surface area contributed by atoms with Gasteiger partial charge in [0, 0.05) is 13.0 Å². The number of hydrogen-bond donors (Lipinski definition) is 0. The molecule has 1 rings (SSSR count). The summed E-state index contributed by atoms with van der Waals surface area (Å²) in [5, 5.41) is 0. The van der Waals surface area contributed by atoms with Crippen molar-refractivity contribution in [2.45, 2.75) is 38.9 Å². The predicted molar refractivity (Wildman–Crippen MR) is 39.8 cm³/mol. The van der Waals surface area contributed by atoms with Crippen LogP contribution in [0.2, 0.25) is 0 Å². The zero-order valence-electron chi connectivity index (χ0n) is 6.85. The molecule has 2 nitrogen and oxygen atoms in total. The van der Waals surface area contributed by atoms with Crippen molar-refractivity contribution < 1.29 is 9.47 Å². The lowest BCUT2D eigenvalue weighted by Crippen LogP contribution is -2.27. The predicted octanol–water partition coefficient (Wildman–Crippen LogP) is 1.94. The summed E-state index contributed by atoms with van der Waals surface area (Å²) in [4.78, 5) is 0. The molecule has 0 aromatic carbocycles. The minimum Gasteiger partial charge on any atom is -0.350 e. The van der Waals surface area contributed by atoms with Gasteiger partial charge in [-0.3, -0.25) is 0 Å². The molecule has 0 aromatic rings. The molecule has 0 N–H and O–H groups in total. The van der Waals surface area contributed by atoms with E-state index >= 15 is 0 Å². The van der Waals surface area contributed by atoms with Crippen molar-refractivity contribution in [3.8, 4) is 0 Å².